The minimum Gasteiger partial charge on any atom is -0.369 e. The van der Waals surface area contributed by atoms with Crippen molar-refractivity contribution in [3.8, 4) is 0 Å². The molecule has 0 bridgehead atoms. The third kappa shape index (κ3) is 4.43. The molecule has 0 fully saturated rings. The third-order valence-electron chi connectivity index (χ3n) is 0.892. The Labute approximate surface area is 60.1 Å². The van der Waals surface area contributed by atoms with E-state index in [0.717, 1.165) is 6.42 Å². The van der Waals surface area contributed by atoms with Crippen molar-refractivity contribution in [1.29, 1.82) is 0 Å². The molecule has 0 amide bonds. The number of ether oxygens (including phenoxy) is 1. The Balaban J connectivity index is 3.27. The summed E-state index contributed by atoms with van der Waals surface area (Å²) in [6, 6.07) is 0. The van der Waals surface area contributed by atoms with Gasteiger partial charge in [0.25, 0.3) is 0 Å². The summed E-state index contributed by atoms with van der Waals surface area (Å²) in [5.74, 6) is 0. The number of rotatable bonds is 4. The summed E-state index contributed by atoms with van der Waals surface area (Å²) in [5, 5.41) is -0.427. The molecule has 9 heavy (non-hydrogen) atoms. The third-order valence-corrected chi connectivity index (χ3v) is 1.20. The first-order chi connectivity index (χ1) is 4.18. The van der Waals surface area contributed by atoms with Gasteiger partial charge in [0, 0.05) is 6.61 Å². The Morgan fingerprint density at radius 2 is 2.33 bits per heavy atom. The minimum atomic E-state index is -0.452. The van der Waals surface area contributed by atoms with Crippen molar-refractivity contribution in [2.45, 2.75) is 26.4 Å². The molecule has 0 aromatic heterocycles. The van der Waals surface area contributed by atoms with Gasteiger partial charge in [-0.2, -0.15) is 0 Å². The van der Waals surface area contributed by atoms with Gasteiger partial charge in [0.05, 0.1) is 0 Å². The SMILES string of the molecule is CCCO[C@@H](C)C(=O)Cl. The van der Waals surface area contributed by atoms with Crippen LogP contribution in [0.15, 0.2) is 0 Å². The van der Waals surface area contributed by atoms with Gasteiger partial charge in [0.2, 0.25) is 5.24 Å². The van der Waals surface area contributed by atoms with Crippen LogP contribution in [0.25, 0.3) is 0 Å². The van der Waals surface area contributed by atoms with E-state index in [1.165, 1.54) is 0 Å². The maximum absolute atomic E-state index is 10.3. The van der Waals surface area contributed by atoms with E-state index in [2.05, 4.69) is 0 Å². The molecule has 0 N–H and O–H groups in total. The number of halogens is 1. The lowest BCUT2D eigenvalue weighted by molar-refractivity contribution is -0.121. The number of hydrogen-bond acceptors (Lipinski definition) is 2. The second kappa shape index (κ2) is 4.77. The summed E-state index contributed by atoms with van der Waals surface area (Å²) in [6.07, 6.45) is 0.459. The van der Waals surface area contributed by atoms with Gasteiger partial charge in [0.15, 0.2) is 0 Å². The van der Waals surface area contributed by atoms with Gasteiger partial charge >= 0.3 is 0 Å². The molecule has 0 saturated carbocycles. The summed E-state index contributed by atoms with van der Waals surface area (Å²) < 4.78 is 4.97. The van der Waals surface area contributed by atoms with Crippen molar-refractivity contribution in [2.75, 3.05) is 6.61 Å². The lowest BCUT2D eigenvalue weighted by Gasteiger charge is -2.05. The zero-order chi connectivity index (χ0) is 7.28. The lowest BCUT2D eigenvalue weighted by atomic mass is 10.4. The first-order valence-corrected chi connectivity index (χ1v) is 3.37. The van der Waals surface area contributed by atoms with Crippen molar-refractivity contribution in [3.05, 3.63) is 0 Å². The van der Waals surface area contributed by atoms with Crippen molar-refractivity contribution in [3.63, 3.8) is 0 Å². The van der Waals surface area contributed by atoms with E-state index in [4.69, 9.17) is 16.3 Å². The summed E-state index contributed by atoms with van der Waals surface area (Å²) >= 11 is 5.10. The number of hydrogen-bond donors (Lipinski definition) is 0. The fraction of sp³-hybridized carbons (Fsp3) is 0.833. The molecule has 0 radical (unpaired) electrons. The van der Waals surface area contributed by atoms with Crippen LogP contribution in [0.5, 0.6) is 0 Å². The van der Waals surface area contributed by atoms with Crippen LogP contribution in [-0.4, -0.2) is 18.0 Å². The highest BCUT2D eigenvalue weighted by molar-refractivity contribution is 6.64. The van der Waals surface area contributed by atoms with Crippen molar-refractivity contribution < 1.29 is 9.53 Å². The van der Waals surface area contributed by atoms with E-state index >= 15 is 0 Å². The van der Waals surface area contributed by atoms with Crippen LogP contribution in [0.2, 0.25) is 0 Å². The molecule has 0 aliphatic rings. The molecule has 0 heterocycles. The molecule has 0 aliphatic carbocycles. The van der Waals surface area contributed by atoms with Gasteiger partial charge in [-0.1, -0.05) is 6.92 Å². The van der Waals surface area contributed by atoms with Gasteiger partial charge in [0.1, 0.15) is 6.10 Å². The van der Waals surface area contributed by atoms with Gasteiger partial charge in [-0.25, -0.2) is 0 Å². The molecule has 0 unspecified atom stereocenters. The molecule has 1 atom stereocenters. The molecular formula is C6H11ClO2. The highest BCUT2D eigenvalue weighted by Crippen LogP contribution is 1.96. The molecule has 0 aromatic rings. The average Bonchev–Trinajstić information content (AvgIpc) is 1.82. The van der Waals surface area contributed by atoms with Crippen LogP contribution in [0.4, 0.5) is 0 Å². The fourth-order valence-electron chi connectivity index (χ4n) is 0.360. The van der Waals surface area contributed by atoms with E-state index in [1.54, 1.807) is 6.92 Å². The predicted octanol–water partition coefficient (Wildman–Crippen LogP) is 1.57. The second-order valence-corrected chi connectivity index (χ2v) is 2.19. The Bertz CT molecular complexity index is 93.1. The molecule has 54 valence electrons. The normalized spacial score (nSPS) is 13.2. The molecule has 3 heteroatoms. The molecule has 2 nitrogen and oxygen atoms in total. The van der Waals surface area contributed by atoms with E-state index in [0.29, 0.717) is 6.61 Å². The number of carbonyl (C=O) groups excluding carboxylic acids is 1. The van der Waals surface area contributed by atoms with Gasteiger partial charge in [-0.15, -0.1) is 0 Å². The maximum Gasteiger partial charge on any atom is 0.250 e. The topological polar surface area (TPSA) is 26.3 Å². The smallest absolute Gasteiger partial charge is 0.250 e. The second-order valence-electron chi connectivity index (χ2n) is 1.82. The van der Waals surface area contributed by atoms with Crippen LogP contribution >= 0.6 is 11.6 Å². The van der Waals surface area contributed by atoms with E-state index < -0.39 is 11.3 Å². The minimum absolute atomic E-state index is 0.427. The molecule has 0 rings (SSSR count). The first-order valence-electron chi connectivity index (χ1n) is 2.99. The first kappa shape index (κ1) is 8.92. The van der Waals surface area contributed by atoms with Crippen molar-refractivity contribution in [2.24, 2.45) is 0 Å². The van der Waals surface area contributed by atoms with Gasteiger partial charge in [-0.3, -0.25) is 4.79 Å². The van der Waals surface area contributed by atoms with Crippen LogP contribution in [0.3, 0.4) is 0 Å². The molecule has 0 spiro atoms. The quantitative estimate of drug-likeness (QED) is 0.569. The summed E-state index contributed by atoms with van der Waals surface area (Å²) in [7, 11) is 0. The summed E-state index contributed by atoms with van der Waals surface area (Å²) in [4.78, 5) is 10.3. The lowest BCUT2D eigenvalue weighted by Crippen LogP contribution is -2.15. The summed E-state index contributed by atoms with van der Waals surface area (Å²) in [6.45, 7) is 4.22. The van der Waals surface area contributed by atoms with E-state index in [-0.39, 0.29) is 0 Å². The van der Waals surface area contributed by atoms with Crippen LogP contribution in [0.1, 0.15) is 20.3 Å². The predicted molar refractivity (Wildman–Crippen MR) is 36.6 cm³/mol. The van der Waals surface area contributed by atoms with Gasteiger partial charge < -0.3 is 4.74 Å². The highest BCUT2D eigenvalue weighted by Gasteiger charge is 2.07. The average molecular weight is 151 g/mol. The Hall–Kier alpha value is -0.0800. The fourth-order valence-corrected chi connectivity index (χ4v) is 0.423. The van der Waals surface area contributed by atoms with Crippen LogP contribution in [-0.2, 0) is 9.53 Å². The van der Waals surface area contributed by atoms with Gasteiger partial charge in [-0.05, 0) is 24.9 Å². The Morgan fingerprint density at radius 1 is 1.78 bits per heavy atom. The van der Waals surface area contributed by atoms with E-state index in [9.17, 15) is 4.79 Å². The molecule has 0 aliphatic heterocycles. The standard InChI is InChI=1S/C6H11ClO2/c1-3-4-9-5(2)6(7)8/h5H,3-4H2,1-2H3/t5-/m0/s1. The maximum atomic E-state index is 10.3. The molecular weight excluding hydrogens is 140 g/mol. The van der Waals surface area contributed by atoms with E-state index in [1.807, 2.05) is 6.92 Å². The van der Waals surface area contributed by atoms with Crippen molar-refractivity contribution >= 4 is 16.8 Å². The Morgan fingerprint density at radius 3 is 2.67 bits per heavy atom. The van der Waals surface area contributed by atoms with Crippen molar-refractivity contribution in [1.82, 2.24) is 0 Å². The summed E-state index contributed by atoms with van der Waals surface area (Å²) in [5.41, 5.74) is 0. The number of carbonyl (C=O) groups is 1. The molecule has 0 saturated heterocycles. The Kier molecular flexibility index (Phi) is 4.72. The largest absolute Gasteiger partial charge is 0.369 e. The zero-order valence-corrected chi connectivity index (χ0v) is 6.44. The molecule has 0 aromatic carbocycles. The monoisotopic (exact) mass is 150 g/mol. The zero-order valence-electron chi connectivity index (χ0n) is 5.69. The van der Waals surface area contributed by atoms with Crippen LogP contribution < -0.4 is 0 Å². The van der Waals surface area contributed by atoms with Crippen LogP contribution in [0, 0.1) is 0 Å². The highest BCUT2D eigenvalue weighted by atomic mass is 35.5.